The van der Waals surface area contributed by atoms with Crippen LogP contribution in [0.4, 0.5) is 0 Å². The normalized spacial score (nSPS) is 6.57. The summed E-state index contributed by atoms with van der Waals surface area (Å²) in [7, 11) is 1.63. The quantitative estimate of drug-likeness (QED) is 0.377. The van der Waals surface area contributed by atoms with Gasteiger partial charge in [0.15, 0.2) is 0 Å². The predicted octanol–water partition coefficient (Wildman–Crippen LogP) is 1.33. The number of ether oxygens (including phenoxy) is 1. The Bertz CT molecular complexity index is 79.8. The van der Waals surface area contributed by atoms with Crippen molar-refractivity contribution in [1.29, 1.82) is 0 Å². The second kappa shape index (κ2) is 5.29. The fourth-order valence-electron chi connectivity index (χ4n) is 0.212. The Labute approximate surface area is 43.9 Å². The molecule has 0 aliphatic carbocycles. The summed E-state index contributed by atoms with van der Waals surface area (Å²) in [5, 5.41) is 0. The van der Waals surface area contributed by atoms with Crippen molar-refractivity contribution in [1.82, 2.24) is 0 Å². The van der Waals surface area contributed by atoms with E-state index in [0.29, 0.717) is 0 Å². The van der Waals surface area contributed by atoms with Gasteiger partial charge in [-0.25, -0.2) is 0 Å². The van der Waals surface area contributed by atoms with Gasteiger partial charge in [0.05, 0.1) is 0 Å². The molecule has 0 unspecified atom stereocenters. The average Bonchev–Trinajstić information content (AvgIpc) is 1.69. The lowest BCUT2D eigenvalue weighted by molar-refractivity contribution is 0.276. The van der Waals surface area contributed by atoms with E-state index >= 15 is 0 Å². The molecule has 7 heavy (non-hydrogen) atoms. The van der Waals surface area contributed by atoms with Crippen molar-refractivity contribution >= 4 is 0 Å². The second-order valence-electron chi connectivity index (χ2n) is 1.16. The van der Waals surface area contributed by atoms with E-state index in [2.05, 4.69) is 11.1 Å². The average molecular weight is 100 g/mol. The molecule has 0 N–H and O–H groups in total. The zero-order chi connectivity index (χ0) is 5.54. The highest BCUT2D eigenvalue weighted by molar-refractivity contribution is 4.67. The lowest BCUT2D eigenvalue weighted by atomic mass is 10.5. The summed E-state index contributed by atoms with van der Waals surface area (Å²) in [5.74, 6) is 0. The fourth-order valence-corrected chi connectivity index (χ4v) is 0.212. The van der Waals surface area contributed by atoms with Gasteiger partial charge in [-0.05, 0) is 11.3 Å². The minimum Gasteiger partial charge on any atom is -0.393 e. The minimum atomic E-state index is 0.720. The van der Waals surface area contributed by atoms with E-state index in [-0.39, 0.29) is 0 Å². The molecular weight excluding hydrogens is 90.1 g/mol. The van der Waals surface area contributed by atoms with Crippen LogP contribution in [-0.2, 0) is 4.74 Å². The van der Waals surface area contributed by atoms with Crippen LogP contribution >= 0.6 is 0 Å². The van der Waals surface area contributed by atoms with Crippen LogP contribution in [0.5, 0.6) is 0 Å². The van der Waals surface area contributed by atoms with Crippen LogP contribution in [0.2, 0.25) is 0 Å². The molecule has 0 radical (unpaired) electrons. The van der Waals surface area contributed by atoms with Crippen LogP contribution in [0.25, 0.3) is 4.85 Å². The summed E-state index contributed by atoms with van der Waals surface area (Å²) in [5.41, 5.74) is 0. The van der Waals surface area contributed by atoms with Crippen LogP contribution in [0, 0.1) is 6.26 Å². The van der Waals surface area contributed by atoms with Crippen LogP contribution in [0.15, 0.2) is 0 Å². The van der Waals surface area contributed by atoms with Crippen LogP contribution in [0.3, 0.4) is 0 Å². The van der Waals surface area contributed by atoms with E-state index in [1.807, 2.05) is 6.92 Å². The fraction of sp³-hybridized carbons (Fsp3) is 0.800. The Morgan fingerprint density at radius 1 is 1.71 bits per heavy atom. The van der Waals surface area contributed by atoms with Crippen molar-refractivity contribution in [2.75, 3.05) is 13.7 Å². The van der Waals surface area contributed by atoms with E-state index in [0.717, 1.165) is 13.0 Å². The van der Waals surface area contributed by atoms with Crippen LogP contribution in [0.1, 0.15) is 13.3 Å². The van der Waals surface area contributed by atoms with Gasteiger partial charge in [0.25, 0.3) is 7.05 Å². The van der Waals surface area contributed by atoms with Crippen molar-refractivity contribution in [3.05, 3.63) is 4.85 Å². The Morgan fingerprint density at radius 2 is 2.43 bits per heavy atom. The first kappa shape index (κ1) is 6.29. The van der Waals surface area contributed by atoms with E-state index in [1.54, 1.807) is 7.05 Å². The first-order valence-corrected chi connectivity index (χ1v) is 2.37. The highest BCUT2D eigenvalue weighted by atomic mass is 16.5. The molecule has 0 fully saturated rings. The van der Waals surface area contributed by atoms with Gasteiger partial charge in [-0.3, -0.25) is 0 Å². The maximum atomic E-state index is 4.72. The third-order valence-electron chi connectivity index (χ3n) is 0.462. The summed E-state index contributed by atoms with van der Waals surface area (Å²) < 4.78 is 4.72. The molecule has 0 saturated carbocycles. The largest absolute Gasteiger partial charge is 0.513 e. The third kappa shape index (κ3) is 5.29. The van der Waals surface area contributed by atoms with Gasteiger partial charge in [0.1, 0.15) is 6.61 Å². The van der Waals surface area contributed by atoms with E-state index in [4.69, 9.17) is 4.74 Å². The lowest BCUT2D eigenvalue weighted by Crippen LogP contribution is -1.80. The molecule has 0 aromatic heterocycles. The zero-order valence-corrected chi connectivity index (χ0v) is 4.77. The van der Waals surface area contributed by atoms with Gasteiger partial charge >= 0.3 is 6.26 Å². The molecule has 2 heteroatoms. The molecule has 0 atom stereocenters. The van der Waals surface area contributed by atoms with Crippen LogP contribution in [-0.4, -0.2) is 13.7 Å². The van der Waals surface area contributed by atoms with Gasteiger partial charge in [0, 0.05) is 0 Å². The molecule has 2 nitrogen and oxygen atoms in total. The first-order chi connectivity index (χ1) is 3.41. The lowest BCUT2D eigenvalue weighted by Gasteiger charge is -1.80. The maximum absolute atomic E-state index is 4.72. The molecule has 0 aliphatic heterocycles. The van der Waals surface area contributed by atoms with Crippen molar-refractivity contribution in [3.63, 3.8) is 0 Å². The van der Waals surface area contributed by atoms with Crippen molar-refractivity contribution in [2.24, 2.45) is 0 Å². The molecular formula is C5H10NO+. The summed E-state index contributed by atoms with van der Waals surface area (Å²) in [6, 6.07) is 0. The Morgan fingerprint density at radius 3 is 2.86 bits per heavy atom. The van der Waals surface area contributed by atoms with Gasteiger partial charge in [0.2, 0.25) is 0 Å². The van der Waals surface area contributed by atoms with Crippen molar-refractivity contribution < 1.29 is 4.74 Å². The number of hydrogen-bond donors (Lipinski definition) is 0. The summed E-state index contributed by atoms with van der Waals surface area (Å²) in [6.45, 7) is 2.76. The highest BCUT2D eigenvalue weighted by Gasteiger charge is 1.78. The zero-order valence-electron chi connectivity index (χ0n) is 4.77. The Kier molecular flexibility index (Phi) is 4.75. The van der Waals surface area contributed by atoms with Gasteiger partial charge in [-0.1, -0.05) is 6.92 Å². The summed E-state index contributed by atoms with van der Waals surface area (Å²) >= 11 is 0. The first-order valence-electron chi connectivity index (χ1n) is 2.37. The number of rotatable bonds is 2. The molecule has 0 saturated heterocycles. The monoisotopic (exact) mass is 100 g/mol. The standard InChI is InChI=1S/C5H10NO/c1-3-4-7-5-6-2/h3-4H2,1-2H3/q+1. The van der Waals surface area contributed by atoms with Crippen molar-refractivity contribution in [2.45, 2.75) is 13.3 Å². The van der Waals surface area contributed by atoms with E-state index in [9.17, 15) is 0 Å². The molecule has 0 bridgehead atoms. The molecule has 0 aliphatic rings. The minimum absolute atomic E-state index is 0.720. The van der Waals surface area contributed by atoms with Gasteiger partial charge in [-0.2, -0.15) is 0 Å². The van der Waals surface area contributed by atoms with Gasteiger partial charge < -0.3 is 4.74 Å². The van der Waals surface area contributed by atoms with Crippen LogP contribution < -0.4 is 0 Å². The highest BCUT2D eigenvalue weighted by Crippen LogP contribution is 1.75. The summed E-state index contributed by atoms with van der Waals surface area (Å²) in [4.78, 5) is 3.50. The van der Waals surface area contributed by atoms with Gasteiger partial charge in [-0.15, -0.1) is 0 Å². The predicted molar refractivity (Wildman–Crippen MR) is 29.4 cm³/mol. The number of hydrogen-bond acceptors (Lipinski definition) is 1. The molecule has 40 valence electrons. The maximum Gasteiger partial charge on any atom is 0.513 e. The molecule has 0 heterocycles. The Balaban J connectivity index is 2.78. The molecule has 0 aromatic carbocycles. The second-order valence-corrected chi connectivity index (χ2v) is 1.16. The SMILES string of the molecule is CCCOC#[N+]C. The van der Waals surface area contributed by atoms with Crippen molar-refractivity contribution in [3.8, 4) is 6.26 Å². The molecule has 0 aromatic rings. The van der Waals surface area contributed by atoms with E-state index in [1.165, 1.54) is 0 Å². The Hall–Kier alpha value is -0.710. The number of nitrogens with zero attached hydrogens (tertiary/aromatic N) is 1. The molecule has 0 spiro atoms. The third-order valence-corrected chi connectivity index (χ3v) is 0.462. The summed E-state index contributed by atoms with van der Waals surface area (Å²) in [6.07, 6.45) is 3.39. The topological polar surface area (TPSA) is 13.6 Å². The molecule has 0 amide bonds. The smallest absolute Gasteiger partial charge is 0.393 e. The molecule has 0 rings (SSSR count). The van der Waals surface area contributed by atoms with E-state index < -0.39 is 0 Å².